The van der Waals surface area contributed by atoms with Gasteiger partial charge in [0.05, 0.1) is 11.1 Å². The predicted octanol–water partition coefficient (Wildman–Crippen LogP) is 4.20. The molecule has 0 amide bonds. The van der Waals surface area contributed by atoms with Gasteiger partial charge in [-0.25, -0.2) is 4.79 Å². The lowest BCUT2D eigenvalue weighted by atomic mass is 10.1. The highest BCUT2D eigenvalue weighted by Gasteiger charge is 2.35. The largest absolute Gasteiger partial charge is 0.478 e. The maximum Gasteiger partial charge on any atom is 0.417 e. The van der Waals surface area contributed by atoms with Gasteiger partial charge in [-0.2, -0.15) is 13.2 Å². The van der Waals surface area contributed by atoms with Crippen molar-refractivity contribution in [1.29, 1.82) is 0 Å². The van der Waals surface area contributed by atoms with Crippen molar-refractivity contribution in [1.82, 2.24) is 0 Å². The van der Waals surface area contributed by atoms with E-state index >= 15 is 0 Å². The number of halogens is 3. The Morgan fingerprint density at radius 3 is 2.20 bits per heavy atom. The van der Waals surface area contributed by atoms with Crippen LogP contribution < -0.4 is 4.74 Å². The number of carboxylic acid groups (broad SMARTS) is 1. The van der Waals surface area contributed by atoms with Crippen LogP contribution in [0.5, 0.6) is 11.5 Å². The first-order chi connectivity index (χ1) is 9.38. The molecule has 0 radical (unpaired) electrons. The van der Waals surface area contributed by atoms with Gasteiger partial charge in [0.15, 0.2) is 0 Å². The average Bonchev–Trinajstić information content (AvgIpc) is 2.38. The van der Waals surface area contributed by atoms with Crippen LogP contribution >= 0.6 is 0 Å². The van der Waals surface area contributed by atoms with Gasteiger partial charge in [-0.1, -0.05) is 18.2 Å². The van der Waals surface area contributed by atoms with Crippen LogP contribution in [-0.4, -0.2) is 11.1 Å². The minimum absolute atomic E-state index is 0.0293. The van der Waals surface area contributed by atoms with Gasteiger partial charge in [-0.05, 0) is 30.3 Å². The van der Waals surface area contributed by atoms with E-state index in [1.165, 1.54) is 0 Å². The summed E-state index contributed by atoms with van der Waals surface area (Å²) in [5.74, 6) is -1.22. The summed E-state index contributed by atoms with van der Waals surface area (Å²) in [6.45, 7) is 0. The Balaban J connectivity index is 2.38. The van der Waals surface area contributed by atoms with Crippen molar-refractivity contribution in [3.63, 3.8) is 0 Å². The molecule has 0 saturated heterocycles. The summed E-state index contributed by atoms with van der Waals surface area (Å²) in [4.78, 5) is 10.9. The Morgan fingerprint density at radius 2 is 1.65 bits per heavy atom. The van der Waals surface area contributed by atoms with Gasteiger partial charge in [0, 0.05) is 0 Å². The van der Waals surface area contributed by atoms with Crippen LogP contribution in [0.4, 0.5) is 13.2 Å². The molecule has 0 bridgehead atoms. The third-order valence-electron chi connectivity index (χ3n) is 2.51. The fourth-order valence-electron chi connectivity index (χ4n) is 1.64. The van der Waals surface area contributed by atoms with Gasteiger partial charge in [0.25, 0.3) is 0 Å². The van der Waals surface area contributed by atoms with Gasteiger partial charge in [0.2, 0.25) is 0 Å². The van der Waals surface area contributed by atoms with E-state index in [4.69, 9.17) is 9.84 Å². The normalized spacial score (nSPS) is 11.2. The molecule has 104 valence electrons. The van der Waals surface area contributed by atoms with E-state index in [-0.39, 0.29) is 5.75 Å². The van der Waals surface area contributed by atoms with Crippen LogP contribution in [0.15, 0.2) is 48.5 Å². The summed E-state index contributed by atoms with van der Waals surface area (Å²) in [6, 6.07) is 11.0. The molecule has 20 heavy (non-hydrogen) atoms. The van der Waals surface area contributed by atoms with Crippen LogP contribution in [-0.2, 0) is 6.18 Å². The molecule has 0 spiro atoms. The second-order valence-corrected chi connectivity index (χ2v) is 3.93. The molecule has 6 heteroatoms. The molecular formula is C14H9F3O3. The number of aromatic carboxylic acids is 1. The number of ether oxygens (including phenoxy) is 1. The van der Waals surface area contributed by atoms with Crippen molar-refractivity contribution < 1.29 is 27.8 Å². The summed E-state index contributed by atoms with van der Waals surface area (Å²) < 4.78 is 43.3. The van der Waals surface area contributed by atoms with E-state index in [1.54, 1.807) is 30.3 Å². The molecule has 2 aromatic rings. The molecule has 1 N–H and O–H groups in total. The number of hydrogen-bond acceptors (Lipinski definition) is 2. The molecular weight excluding hydrogens is 273 g/mol. The Bertz CT molecular complexity index is 621. The predicted molar refractivity (Wildman–Crippen MR) is 64.9 cm³/mol. The first kappa shape index (κ1) is 13.9. The Hall–Kier alpha value is -2.50. The fourth-order valence-corrected chi connectivity index (χ4v) is 1.64. The number of rotatable bonds is 3. The SMILES string of the molecule is O=C(O)c1cc(Oc2ccccc2)ccc1C(F)(F)F. The van der Waals surface area contributed by atoms with Gasteiger partial charge < -0.3 is 9.84 Å². The summed E-state index contributed by atoms with van der Waals surface area (Å²) in [5.41, 5.74) is -2.05. The lowest BCUT2D eigenvalue weighted by molar-refractivity contribution is -0.138. The summed E-state index contributed by atoms with van der Waals surface area (Å²) in [7, 11) is 0. The lowest BCUT2D eigenvalue weighted by Gasteiger charge is -2.12. The average molecular weight is 282 g/mol. The van der Waals surface area contributed by atoms with Crippen molar-refractivity contribution >= 4 is 5.97 Å². The number of hydrogen-bond donors (Lipinski definition) is 1. The van der Waals surface area contributed by atoms with Crippen LogP contribution in [0, 0.1) is 0 Å². The highest BCUT2D eigenvalue weighted by atomic mass is 19.4. The minimum atomic E-state index is -4.72. The van der Waals surface area contributed by atoms with Gasteiger partial charge in [-0.3, -0.25) is 0 Å². The zero-order valence-electron chi connectivity index (χ0n) is 10.0. The fraction of sp³-hybridized carbons (Fsp3) is 0.0714. The smallest absolute Gasteiger partial charge is 0.417 e. The second-order valence-electron chi connectivity index (χ2n) is 3.93. The molecule has 3 nitrogen and oxygen atoms in total. The maximum atomic E-state index is 12.7. The number of alkyl halides is 3. The molecule has 0 aliphatic heterocycles. The Labute approximate surface area is 112 Å². The summed E-state index contributed by atoms with van der Waals surface area (Å²) in [5, 5.41) is 8.86. The van der Waals surface area contributed by atoms with Crippen LogP contribution in [0.2, 0.25) is 0 Å². The van der Waals surface area contributed by atoms with Crippen molar-refractivity contribution in [3.05, 3.63) is 59.7 Å². The highest BCUT2D eigenvalue weighted by molar-refractivity contribution is 5.90. The van der Waals surface area contributed by atoms with E-state index in [2.05, 4.69) is 0 Å². The molecule has 2 rings (SSSR count). The Morgan fingerprint density at radius 1 is 1.00 bits per heavy atom. The summed E-state index contributed by atoms with van der Waals surface area (Å²) in [6.07, 6.45) is -4.72. The minimum Gasteiger partial charge on any atom is -0.478 e. The highest BCUT2D eigenvalue weighted by Crippen LogP contribution is 2.34. The van der Waals surface area contributed by atoms with Crippen LogP contribution in [0.3, 0.4) is 0 Å². The van der Waals surface area contributed by atoms with E-state index in [9.17, 15) is 18.0 Å². The first-order valence-electron chi connectivity index (χ1n) is 5.55. The van der Waals surface area contributed by atoms with Gasteiger partial charge in [-0.15, -0.1) is 0 Å². The molecule has 0 fully saturated rings. The van der Waals surface area contributed by atoms with Crippen molar-refractivity contribution in [2.45, 2.75) is 6.18 Å². The zero-order valence-corrected chi connectivity index (χ0v) is 10.0. The standard InChI is InChI=1S/C14H9F3O3/c15-14(16,17)12-7-6-10(8-11(12)13(18)19)20-9-4-2-1-3-5-9/h1-8H,(H,18,19). The third kappa shape index (κ3) is 3.09. The molecule has 0 saturated carbocycles. The van der Waals surface area contributed by atoms with Gasteiger partial charge >= 0.3 is 12.1 Å². The first-order valence-corrected chi connectivity index (χ1v) is 5.55. The zero-order chi connectivity index (χ0) is 14.8. The molecule has 0 aromatic heterocycles. The number of carbonyl (C=O) groups is 1. The number of carboxylic acids is 1. The number of para-hydroxylation sites is 1. The lowest BCUT2D eigenvalue weighted by Crippen LogP contribution is -2.12. The van der Waals surface area contributed by atoms with Crippen LogP contribution in [0.25, 0.3) is 0 Å². The molecule has 0 aliphatic carbocycles. The van der Waals surface area contributed by atoms with E-state index in [1.807, 2.05) is 0 Å². The Kier molecular flexibility index (Phi) is 3.65. The van der Waals surface area contributed by atoms with Gasteiger partial charge in [0.1, 0.15) is 11.5 Å². The summed E-state index contributed by atoms with van der Waals surface area (Å²) >= 11 is 0. The topological polar surface area (TPSA) is 46.5 Å². The van der Waals surface area contributed by atoms with Crippen molar-refractivity contribution in [2.24, 2.45) is 0 Å². The molecule has 2 aromatic carbocycles. The molecule has 0 unspecified atom stereocenters. The van der Waals surface area contributed by atoms with E-state index in [0.29, 0.717) is 11.8 Å². The number of benzene rings is 2. The second kappa shape index (κ2) is 5.24. The van der Waals surface area contributed by atoms with E-state index < -0.39 is 23.3 Å². The molecule has 0 atom stereocenters. The monoisotopic (exact) mass is 282 g/mol. The van der Waals surface area contributed by atoms with E-state index in [0.717, 1.165) is 12.1 Å². The maximum absolute atomic E-state index is 12.7. The quantitative estimate of drug-likeness (QED) is 0.917. The molecule has 0 aliphatic rings. The van der Waals surface area contributed by atoms with Crippen molar-refractivity contribution in [3.8, 4) is 11.5 Å². The van der Waals surface area contributed by atoms with Crippen LogP contribution in [0.1, 0.15) is 15.9 Å². The van der Waals surface area contributed by atoms with Crippen molar-refractivity contribution in [2.75, 3.05) is 0 Å². The molecule has 0 heterocycles. The third-order valence-corrected chi connectivity index (χ3v) is 2.51.